The topological polar surface area (TPSA) is 22.8 Å². The lowest BCUT2D eigenvalue weighted by atomic mass is 10.0. The number of nitrogens with zero attached hydrogens (tertiary/aromatic N) is 3. The second-order valence-electron chi connectivity index (χ2n) is 10.4. The number of pyridine rings is 1. The number of aromatic nitrogens is 3. The second-order valence-corrected chi connectivity index (χ2v) is 10.4. The van der Waals surface area contributed by atoms with E-state index in [1.807, 2.05) is 12.3 Å². The summed E-state index contributed by atoms with van der Waals surface area (Å²) in [4.78, 5) is 4.82. The van der Waals surface area contributed by atoms with Gasteiger partial charge in [0.25, 0.3) is 0 Å². The van der Waals surface area contributed by atoms with Gasteiger partial charge in [0.15, 0.2) is 0 Å². The molecule has 3 aromatic heterocycles. The van der Waals surface area contributed by atoms with Crippen molar-refractivity contribution >= 4 is 65.3 Å². The van der Waals surface area contributed by atoms with Crippen LogP contribution in [0.3, 0.4) is 0 Å². The predicted octanol–water partition coefficient (Wildman–Crippen LogP) is 9.58. The molecular weight excluding hydrogens is 486 g/mol. The van der Waals surface area contributed by atoms with E-state index in [1.165, 1.54) is 54.4 Å². The van der Waals surface area contributed by atoms with Crippen LogP contribution in [0.25, 0.3) is 76.7 Å². The van der Waals surface area contributed by atoms with E-state index in [0.29, 0.717) is 0 Å². The molecule has 0 fully saturated rings. The van der Waals surface area contributed by atoms with Crippen LogP contribution in [0.2, 0.25) is 0 Å². The first-order chi connectivity index (χ1) is 19.9. The van der Waals surface area contributed by atoms with Gasteiger partial charge in [0.1, 0.15) is 0 Å². The fraction of sp³-hybridized carbons (Fsp3) is 0. The molecule has 0 saturated heterocycles. The summed E-state index contributed by atoms with van der Waals surface area (Å²) in [6, 6.07) is 48.0. The monoisotopic (exact) mass is 509 g/mol. The smallest absolute Gasteiger partial charge is 0.0942 e. The highest BCUT2D eigenvalue weighted by Gasteiger charge is 2.22. The molecule has 0 aliphatic carbocycles. The zero-order valence-corrected chi connectivity index (χ0v) is 21.6. The first kappa shape index (κ1) is 21.5. The Labute approximate surface area is 230 Å². The molecular formula is C37H23N3. The van der Waals surface area contributed by atoms with Gasteiger partial charge in [0.2, 0.25) is 0 Å². The minimum atomic E-state index is 1.00. The van der Waals surface area contributed by atoms with Crippen molar-refractivity contribution < 1.29 is 0 Å². The average Bonchev–Trinajstić information content (AvgIpc) is 3.54. The highest BCUT2D eigenvalue weighted by molar-refractivity contribution is 6.28. The van der Waals surface area contributed by atoms with E-state index < -0.39 is 0 Å². The summed E-state index contributed by atoms with van der Waals surface area (Å²) in [5.41, 5.74) is 8.09. The van der Waals surface area contributed by atoms with Crippen molar-refractivity contribution in [3.8, 4) is 11.4 Å². The van der Waals surface area contributed by atoms with E-state index in [4.69, 9.17) is 4.98 Å². The Morgan fingerprint density at radius 3 is 2.08 bits per heavy atom. The Bertz CT molecular complexity index is 2420. The van der Waals surface area contributed by atoms with Crippen molar-refractivity contribution in [2.75, 3.05) is 0 Å². The molecule has 6 aromatic carbocycles. The molecule has 9 aromatic rings. The molecule has 0 saturated carbocycles. The van der Waals surface area contributed by atoms with Gasteiger partial charge in [-0.1, -0.05) is 97.1 Å². The summed E-state index contributed by atoms with van der Waals surface area (Å²) >= 11 is 0. The fourth-order valence-corrected chi connectivity index (χ4v) is 6.68. The van der Waals surface area contributed by atoms with Crippen LogP contribution < -0.4 is 0 Å². The summed E-state index contributed by atoms with van der Waals surface area (Å²) in [6.45, 7) is 0. The minimum absolute atomic E-state index is 1.00. The van der Waals surface area contributed by atoms with Crippen LogP contribution in [0.15, 0.2) is 140 Å². The lowest BCUT2D eigenvalue weighted by Gasteiger charge is -2.12. The normalized spacial score (nSPS) is 12.0. The molecule has 0 N–H and O–H groups in total. The van der Waals surface area contributed by atoms with Gasteiger partial charge in [-0.2, -0.15) is 0 Å². The maximum Gasteiger partial charge on any atom is 0.0942 e. The number of rotatable bonds is 2. The Kier molecular flexibility index (Phi) is 4.33. The van der Waals surface area contributed by atoms with E-state index in [0.717, 1.165) is 22.3 Å². The lowest BCUT2D eigenvalue weighted by molar-refractivity contribution is 1.18. The molecule has 40 heavy (non-hydrogen) atoms. The van der Waals surface area contributed by atoms with Crippen LogP contribution in [-0.2, 0) is 0 Å². The summed E-state index contributed by atoms with van der Waals surface area (Å²) in [5.74, 6) is 0. The third kappa shape index (κ3) is 2.81. The van der Waals surface area contributed by atoms with Gasteiger partial charge in [-0.15, -0.1) is 0 Å². The van der Waals surface area contributed by atoms with E-state index in [2.05, 4.69) is 137 Å². The van der Waals surface area contributed by atoms with Crippen molar-refractivity contribution in [2.45, 2.75) is 0 Å². The molecule has 9 rings (SSSR count). The number of hydrogen-bond donors (Lipinski definition) is 0. The third-order valence-electron chi connectivity index (χ3n) is 8.32. The molecule has 3 heterocycles. The van der Waals surface area contributed by atoms with Crippen LogP contribution >= 0.6 is 0 Å². The van der Waals surface area contributed by atoms with Crippen molar-refractivity contribution in [1.82, 2.24) is 14.1 Å². The highest BCUT2D eigenvalue weighted by atomic mass is 15.0. The molecule has 0 atom stereocenters. The first-order valence-corrected chi connectivity index (χ1v) is 13.7. The first-order valence-electron chi connectivity index (χ1n) is 13.7. The van der Waals surface area contributed by atoms with Crippen LogP contribution in [0.4, 0.5) is 0 Å². The zero-order chi connectivity index (χ0) is 26.2. The van der Waals surface area contributed by atoms with Crippen molar-refractivity contribution in [2.24, 2.45) is 0 Å². The highest BCUT2D eigenvalue weighted by Crippen LogP contribution is 2.44. The summed E-state index contributed by atoms with van der Waals surface area (Å²) in [5, 5.41) is 8.66. The summed E-state index contributed by atoms with van der Waals surface area (Å²) in [7, 11) is 0. The Balaban J connectivity index is 1.56. The number of fused-ring (bicyclic) bond motifs is 10. The quantitative estimate of drug-likeness (QED) is 0.227. The molecule has 186 valence electrons. The van der Waals surface area contributed by atoms with Crippen molar-refractivity contribution in [1.29, 1.82) is 0 Å². The summed E-state index contributed by atoms with van der Waals surface area (Å²) in [6.07, 6.45) is 1.89. The van der Waals surface area contributed by atoms with Crippen molar-refractivity contribution in [3.63, 3.8) is 0 Å². The molecule has 0 aliphatic heterocycles. The van der Waals surface area contributed by atoms with Crippen LogP contribution in [0.1, 0.15) is 0 Å². The van der Waals surface area contributed by atoms with E-state index in [9.17, 15) is 0 Å². The molecule has 3 nitrogen and oxygen atoms in total. The SMILES string of the molecule is c1ccc(-n2c3c4ccccc4ccc3c3ccc4c(c5ccccc5n4-c4cccc5cccnc45)c32)cc1. The van der Waals surface area contributed by atoms with Gasteiger partial charge in [0, 0.05) is 44.2 Å². The van der Waals surface area contributed by atoms with Gasteiger partial charge in [-0.05, 0) is 41.8 Å². The Hall–Kier alpha value is -5.41. The maximum atomic E-state index is 4.82. The third-order valence-corrected chi connectivity index (χ3v) is 8.32. The Morgan fingerprint density at radius 2 is 1.15 bits per heavy atom. The molecule has 0 bridgehead atoms. The standard InChI is InChI=1S/C37H23N3/c1-2-13-26(14-3-1)39-36-27-15-5-4-10-24(27)19-20-28(36)29-21-22-32-34(37(29)39)30-16-6-7-17-31(30)40(32)33-18-8-11-25-12-9-23-38-35(25)33/h1-23H. The average molecular weight is 510 g/mol. The van der Waals surface area contributed by atoms with Gasteiger partial charge >= 0.3 is 0 Å². The molecule has 0 aliphatic rings. The maximum absolute atomic E-state index is 4.82. The van der Waals surface area contributed by atoms with Gasteiger partial charge in [-0.3, -0.25) is 4.98 Å². The van der Waals surface area contributed by atoms with Crippen LogP contribution in [-0.4, -0.2) is 14.1 Å². The molecule has 0 amide bonds. The number of hydrogen-bond acceptors (Lipinski definition) is 1. The van der Waals surface area contributed by atoms with Gasteiger partial charge in [0.05, 0.1) is 33.3 Å². The number of benzene rings is 6. The molecule has 0 radical (unpaired) electrons. The van der Waals surface area contributed by atoms with E-state index in [1.54, 1.807) is 0 Å². The van der Waals surface area contributed by atoms with Crippen molar-refractivity contribution in [3.05, 3.63) is 140 Å². The largest absolute Gasteiger partial charge is 0.308 e. The minimum Gasteiger partial charge on any atom is -0.308 e. The second kappa shape index (κ2) is 8.05. The van der Waals surface area contributed by atoms with Gasteiger partial charge in [-0.25, -0.2) is 0 Å². The molecule has 3 heteroatoms. The fourth-order valence-electron chi connectivity index (χ4n) is 6.68. The van der Waals surface area contributed by atoms with Crippen LogP contribution in [0.5, 0.6) is 0 Å². The van der Waals surface area contributed by atoms with E-state index >= 15 is 0 Å². The van der Waals surface area contributed by atoms with Gasteiger partial charge < -0.3 is 9.13 Å². The Morgan fingerprint density at radius 1 is 0.425 bits per heavy atom. The van der Waals surface area contributed by atoms with Crippen LogP contribution in [0, 0.1) is 0 Å². The molecule has 0 spiro atoms. The number of para-hydroxylation sites is 3. The molecule has 0 unspecified atom stereocenters. The predicted molar refractivity (Wildman–Crippen MR) is 168 cm³/mol. The zero-order valence-electron chi connectivity index (χ0n) is 21.6. The lowest BCUT2D eigenvalue weighted by Crippen LogP contribution is -1.97. The van der Waals surface area contributed by atoms with E-state index in [-0.39, 0.29) is 0 Å². The summed E-state index contributed by atoms with van der Waals surface area (Å²) < 4.78 is 4.87.